The molecule has 3 N–H and O–H groups in total. The van der Waals surface area contributed by atoms with Gasteiger partial charge in [0.15, 0.2) is 0 Å². The van der Waals surface area contributed by atoms with E-state index in [2.05, 4.69) is 5.32 Å². The maximum absolute atomic E-state index is 13.5. The number of hydrogen-bond acceptors (Lipinski definition) is 3. The highest BCUT2D eigenvalue weighted by Gasteiger charge is 2.63. The number of alkyl halides is 3. The fraction of sp³-hybridized carbons (Fsp3) is 0.417. The van der Waals surface area contributed by atoms with E-state index in [1.54, 1.807) is 0 Å². The van der Waals surface area contributed by atoms with Gasteiger partial charge in [-0.05, 0) is 17.7 Å². The van der Waals surface area contributed by atoms with E-state index in [9.17, 15) is 18.0 Å². The van der Waals surface area contributed by atoms with Crippen LogP contribution in [0.3, 0.4) is 0 Å². The number of rotatable bonds is 1. The predicted octanol–water partition coefficient (Wildman–Crippen LogP) is 1.09. The molecule has 0 bridgehead atoms. The summed E-state index contributed by atoms with van der Waals surface area (Å²) < 4.78 is 40.4. The first kappa shape index (κ1) is 13.7. The molecule has 1 aromatic carbocycles. The van der Waals surface area contributed by atoms with Crippen molar-refractivity contribution in [2.45, 2.75) is 11.7 Å². The third-order valence-corrected chi connectivity index (χ3v) is 3.27. The van der Waals surface area contributed by atoms with Gasteiger partial charge in [0.2, 0.25) is 5.54 Å². The Morgan fingerprint density at radius 2 is 1.89 bits per heavy atom. The number of amides is 1. The zero-order valence-corrected chi connectivity index (χ0v) is 10.3. The quantitative estimate of drug-likeness (QED) is 0.753. The van der Waals surface area contributed by atoms with Crippen molar-refractivity contribution in [1.29, 1.82) is 0 Å². The molecule has 1 saturated heterocycles. The van der Waals surface area contributed by atoms with Crippen LogP contribution in [0, 0.1) is 0 Å². The van der Waals surface area contributed by atoms with Crippen LogP contribution < -0.4 is 11.1 Å². The molecule has 1 heterocycles. The maximum Gasteiger partial charge on any atom is 0.419 e. The highest BCUT2D eigenvalue weighted by molar-refractivity contribution is 5.89. The molecule has 0 spiro atoms. The second kappa shape index (κ2) is 4.41. The van der Waals surface area contributed by atoms with E-state index in [-0.39, 0.29) is 18.7 Å². The van der Waals surface area contributed by atoms with Gasteiger partial charge in [0, 0.05) is 25.8 Å². The second-order valence-corrected chi connectivity index (χ2v) is 4.52. The number of nitrogen functional groups attached to an aromatic ring is 1. The number of hydrogen-bond donors (Lipinski definition) is 2. The number of benzene rings is 1. The van der Waals surface area contributed by atoms with E-state index >= 15 is 0 Å². The second-order valence-electron chi connectivity index (χ2n) is 4.52. The lowest BCUT2D eigenvalue weighted by Gasteiger charge is -2.42. The molecule has 1 unspecified atom stereocenters. The SMILES string of the molecule is CN1CCNC(c2ccc(N)cc2)(C(F)(F)F)C1=O. The monoisotopic (exact) mass is 273 g/mol. The Hall–Kier alpha value is -1.76. The fourth-order valence-electron chi connectivity index (χ4n) is 2.22. The molecular weight excluding hydrogens is 259 g/mol. The Bertz CT molecular complexity index is 486. The van der Waals surface area contributed by atoms with Crippen LogP contribution in [0.4, 0.5) is 18.9 Å². The summed E-state index contributed by atoms with van der Waals surface area (Å²) >= 11 is 0. The van der Waals surface area contributed by atoms with Gasteiger partial charge in [-0.3, -0.25) is 10.1 Å². The number of likely N-dealkylation sites (N-methyl/N-ethyl adjacent to an activating group) is 1. The number of piperazine rings is 1. The molecule has 104 valence electrons. The Morgan fingerprint density at radius 1 is 1.32 bits per heavy atom. The number of nitrogens with two attached hydrogens (primary N) is 1. The summed E-state index contributed by atoms with van der Waals surface area (Å²) in [5.74, 6) is -1.00. The molecule has 1 aliphatic rings. The largest absolute Gasteiger partial charge is 0.419 e. The molecule has 19 heavy (non-hydrogen) atoms. The Morgan fingerprint density at radius 3 is 2.42 bits per heavy atom. The molecule has 2 rings (SSSR count). The van der Waals surface area contributed by atoms with Gasteiger partial charge >= 0.3 is 6.18 Å². The van der Waals surface area contributed by atoms with E-state index in [1.807, 2.05) is 0 Å². The Balaban J connectivity index is 2.58. The first-order valence-electron chi connectivity index (χ1n) is 5.72. The third kappa shape index (κ3) is 2.03. The van der Waals surface area contributed by atoms with Crippen LogP contribution in [-0.2, 0) is 10.3 Å². The van der Waals surface area contributed by atoms with Gasteiger partial charge in [0.1, 0.15) is 0 Å². The molecule has 1 aromatic rings. The summed E-state index contributed by atoms with van der Waals surface area (Å²) in [4.78, 5) is 13.2. The van der Waals surface area contributed by atoms with E-state index in [0.29, 0.717) is 5.69 Å². The zero-order valence-electron chi connectivity index (χ0n) is 10.3. The summed E-state index contributed by atoms with van der Waals surface area (Å²) in [5, 5.41) is 2.33. The van der Waals surface area contributed by atoms with Crippen LogP contribution in [0.1, 0.15) is 5.56 Å². The van der Waals surface area contributed by atoms with E-state index in [4.69, 9.17) is 5.73 Å². The van der Waals surface area contributed by atoms with Crippen LogP contribution in [-0.4, -0.2) is 37.1 Å². The number of nitrogens with one attached hydrogen (secondary N) is 1. The molecule has 1 amide bonds. The van der Waals surface area contributed by atoms with Gasteiger partial charge in [0.25, 0.3) is 5.91 Å². The van der Waals surface area contributed by atoms with Crippen molar-refractivity contribution in [3.63, 3.8) is 0 Å². The molecule has 0 radical (unpaired) electrons. The van der Waals surface area contributed by atoms with E-state index in [0.717, 1.165) is 4.90 Å². The van der Waals surface area contributed by atoms with Crippen molar-refractivity contribution >= 4 is 11.6 Å². The average Bonchev–Trinajstić information content (AvgIpc) is 2.32. The molecule has 1 atom stereocenters. The highest BCUT2D eigenvalue weighted by atomic mass is 19.4. The maximum atomic E-state index is 13.5. The summed E-state index contributed by atoms with van der Waals surface area (Å²) in [7, 11) is 1.36. The molecular formula is C12H14F3N3O. The van der Waals surface area contributed by atoms with Gasteiger partial charge in [-0.2, -0.15) is 13.2 Å². The minimum absolute atomic E-state index is 0.0755. The average molecular weight is 273 g/mol. The Labute approximate surface area is 108 Å². The van der Waals surface area contributed by atoms with Crippen LogP contribution in [0.15, 0.2) is 24.3 Å². The van der Waals surface area contributed by atoms with Gasteiger partial charge in [-0.25, -0.2) is 0 Å². The first-order chi connectivity index (χ1) is 8.79. The van der Waals surface area contributed by atoms with Crippen molar-refractivity contribution < 1.29 is 18.0 Å². The molecule has 1 aliphatic heterocycles. The fourth-order valence-corrected chi connectivity index (χ4v) is 2.22. The van der Waals surface area contributed by atoms with Crippen molar-refractivity contribution in [2.24, 2.45) is 0 Å². The molecule has 0 aliphatic carbocycles. The van der Waals surface area contributed by atoms with Gasteiger partial charge in [-0.1, -0.05) is 12.1 Å². The normalized spacial score (nSPS) is 24.6. The molecule has 0 saturated carbocycles. The summed E-state index contributed by atoms with van der Waals surface area (Å²) in [6.45, 7) is 0.317. The topological polar surface area (TPSA) is 58.4 Å². The van der Waals surface area contributed by atoms with Crippen molar-refractivity contribution in [3.8, 4) is 0 Å². The van der Waals surface area contributed by atoms with Crippen molar-refractivity contribution in [2.75, 3.05) is 25.9 Å². The molecule has 4 nitrogen and oxygen atoms in total. The molecule has 0 aromatic heterocycles. The van der Waals surface area contributed by atoms with Crippen LogP contribution >= 0.6 is 0 Å². The van der Waals surface area contributed by atoms with Crippen molar-refractivity contribution in [1.82, 2.24) is 10.2 Å². The standard InChI is InChI=1S/C12H14F3N3O/c1-18-7-6-17-11(10(18)19,12(13,14)15)8-2-4-9(16)5-3-8/h2-5,17H,6-7,16H2,1H3. The van der Waals surface area contributed by atoms with Gasteiger partial charge in [-0.15, -0.1) is 0 Å². The minimum Gasteiger partial charge on any atom is -0.399 e. The van der Waals surface area contributed by atoms with Crippen molar-refractivity contribution in [3.05, 3.63) is 29.8 Å². The highest BCUT2D eigenvalue weighted by Crippen LogP contribution is 2.41. The van der Waals surface area contributed by atoms with Crippen LogP contribution in [0.5, 0.6) is 0 Å². The molecule has 1 fully saturated rings. The summed E-state index contributed by atoms with van der Waals surface area (Å²) in [5.41, 5.74) is 2.98. The zero-order chi connectivity index (χ0) is 14.3. The first-order valence-corrected chi connectivity index (χ1v) is 5.72. The lowest BCUT2D eigenvalue weighted by atomic mass is 9.86. The summed E-state index contributed by atoms with van der Waals surface area (Å²) in [6.07, 6.45) is -4.73. The lowest BCUT2D eigenvalue weighted by molar-refractivity contribution is -0.213. The van der Waals surface area contributed by atoms with E-state index in [1.165, 1.54) is 31.3 Å². The number of nitrogens with zero attached hydrogens (tertiary/aromatic N) is 1. The summed E-state index contributed by atoms with van der Waals surface area (Å²) in [6, 6.07) is 5.17. The number of halogens is 3. The lowest BCUT2D eigenvalue weighted by Crippen LogP contribution is -2.67. The predicted molar refractivity (Wildman–Crippen MR) is 64.2 cm³/mol. The number of carbonyl (C=O) groups excluding carboxylic acids is 1. The van der Waals surface area contributed by atoms with Gasteiger partial charge in [0.05, 0.1) is 0 Å². The third-order valence-electron chi connectivity index (χ3n) is 3.27. The Kier molecular flexibility index (Phi) is 3.17. The van der Waals surface area contributed by atoms with E-state index < -0.39 is 17.6 Å². The van der Waals surface area contributed by atoms with Crippen LogP contribution in [0.2, 0.25) is 0 Å². The number of anilines is 1. The van der Waals surface area contributed by atoms with Crippen LogP contribution in [0.25, 0.3) is 0 Å². The number of carbonyl (C=O) groups is 1. The molecule has 7 heteroatoms. The smallest absolute Gasteiger partial charge is 0.399 e. The minimum atomic E-state index is -4.73. The van der Waals surface area contributed by atoms with Gasteiger partial charge < -0.3 is 10.6 Å².